The molecule has 1 amide bonds. The number of amides is 1. The Balaban J connectivity index is 1.58. The molecule has 7 nitrogen and oxygen atoms in total. The van der Waals surface area contributed by atoms with Gasteiger partial charge >= 0.3 is 0 Å². The zero-order valence-electron chi connectivity index (χ0n) is 19.5. The highest BCUT2D eigenvalue weighted by molar-refractivity contribution is 7.22. The van der Waals surface area contributed by atoms with Gasteiger partial charge in [-0.3, -0.25) is 9.69 Å². The molecule has 4 rings (SSSR count). The topological polar surface area (TPSA) is 64.1 Å². The van der Waals surface area contributed by atoms with Gasteiger partial charge in [-0.2, -0.15) is 0 Å². The minimum atomic E-state index is -0.0770. The van der Waals surface area contributed by atoms with E-state index in [0.29, 0.717) is 29.6 Å². The molecule has 1 aliphatic heterocycles. The first-order valence-corrected chi connectivity index (χ1v) is 12.3. The molecule has 0 N–H and O–H groups in total. The van der Waals surface area contributed by atoms with Crippen molar-refractivity contribution in [3.05, 3.63) is 42.0 Å². The predicted octanol–water partition coefficient (Wildman–Crippen LogP) is 5.19. The number of fused-ring (bicyclic) bond motifs is 2. The van der Waals surface area contributed by atoms with Crippen LogP contribution in [0.25, 0.3) is 10.2 Å². The number of hydrogen-bond donors (Lipinski definition) is 0. The highest BCUT2D eigenvalue weighted by Crippen LogP contribution is 2.40. The molecule has 8 heteroatoms. The largest absolute Gasteiger partial charge is 0.494 e. The van der Waals surface area contributed by atoms with Crippen LogP contribution in [-0.4, -0.2) is 56.4 Å². The maximum absolute atomic E-state index is 13.6. The van der Waals surface area contributed by atoms with Crippen LogP contribution < -0.4 is 19.1 Å². The number of carbonyl (C=O) groups excluding carboxylic acids is 1. The fraction of sp³-hybridized carbons (Fsp3) is 0.440. The summed E-state index contributed by atoms with van der Waals surface area (Å²) in [6.45, 7) is 4.51. The van der Waals surface area contributed by atoms with Gasteiger partial charge in [0.05, 0.1) is 16.8 Å². The molecular formula is C25H31N3O4S. The molecule has 2 heterocycles. The second-order valence-electron chi connectivity index (χ2n) is 8.37. The summed E-state index contributed by atoms with van der Waals surface area (Å²) >= 11 is 1.49. The maximum Gasteiger partial charge on any atom is 0.260 e. The van der Waals surface area contributed by atoms with Crippen molar-refractivity contribution in [1.29, 1.82) is 0 Å². The summed E-state index contributed by atoms with van der Waals surface area (Å²) in [5, 5.41) is 0.673. The molecule has 33 heavy (non-hydrogen) atoms. The Morgan fingerprint density at radius 3 is 2.70 bits per heavy atom. The number of carbonyl (C=O) groups is 1. The van der Waals surface area contributed by atoms with Crippen LogP contribution in [0.4, 0.5) is 5.13 Å². The van der Waals surface area contributed by atoms with E-state index in [-0.39, 0.29) is 12.7 Å². The van der Waals surface area contributed by atoms with E-state index in [9.17, 15) is 4.79 Å². The van der Waals surface area contributed by atoms with Crippen LogP contribution in [0.1, 0.15) is 43.0 Å². The number of benzene rings is 2. The van der Waals surface area contributed by atoms with E-state index in [1.165, 1.54) is 11.3 Å². The quantitative estimate of drug-likeness (QED) is 0.360. The van der Waals surface area contributed by atoms with E-state index < -0.39 is 0 Å². The van der Waals surface area contributed by atoms with E-state index in [0.717, 1.165) is 53.9 Å². The number of nitrogens with zero attached hydrogens (tertiary/aromatic N) is 3. The average Bonchev–Trinajstić information content (AvgIpc) is 3.43. The predicted molar refractivity (Wildman–Crippen MR) is 132 cm³/mol. The lowest BCUT2D eigenvalue weighted by Crippen LogP contribution is -2.33. The van der Waals surface area contributed by atoms with E-state index >= 15 is 0 Å². The fourth-order valence-corrected chi connectivity index (χ4v) is 4.67. The van der Waals surface area contributed by atoms with Gasteiger partial charge in [0.15, 0.2) is 16.6 Å². The minimum absolute atomic E-state index is 0.0770. The zero-order chi connectivity index (χ0) is 23.2. The third-order valence-corrected chi connectivity index (χ3v) is 6.47. The molecule has 0 unspecified atom stereocenters. The molecule has 2 aromatic carbocycles. The van der Waals surface area contributed by atoms with Crippen LogP contribution in [0.15, 0.2) is 36.4 Å². The molecule has 0 saturated carbocycles. The lowest BCUT2D eigenvalue weighted by Gasteiger charge is -2.21. The Bertz CT molecular complexity index is 1060. The van der Waals surface area contributed by atoms with Crippen molar-refractivity contribution in [1.82, 2.24) is 9.88 Å². The highest BCUT2D eigenvalue weighted by atomic mass is 32.1. The van der Waals surface area contributed by atoms with Crippen LogP contribution in [0.3, 0.4) is 0 Å². The number of rotatable bonds is 11. The van der Waals surface area contributed by atoms with Gasteiger partial charge in [0, 0.05) is 24.2 Å². The summed E-state index contributed by atoms with van der Waals surface area (Å²) < 4.78 is 17.8. The van der Waals surface area contributed by atoms with Crippen LogP contribution in [0, 0.1) is 0 Å². The lowest BCUT2D eigenvalue weighted by atomic mass is 10.2. The summed E-state index contributed by atoms with van der Waals surface area (Å²) in [6.07, 6.45) is 4.13. The highest BCUT2D eigenvalue weighted by Gasteiger charge is 2.23. The van der Waals surface area contributed by atoms with Crippen molar-refractivity contribution in [2.24, 2.45) is 0 Å². The Kier molecular flexibility index (Phi) is 7.67. The number of ether oxygens (including phenoxy) is 3. The molecule has 0 spiro atoms. The smallest absolute Gasteiger partial charge is 0.260 e. The van der Waals surface area contributed by atoms with Gasteiger partial charge in [-0.15, -0.1) is 0 Å². The zero-order valence-corrected chi connectivity index (χ0v) is 20.3. The van der Waals surface area contributed by atoms with Gasteiger partial charge in [0.25, 0.3) is 5.91 Å². The SMILES string of the molecule is CCCCCOc1cccc(C(=O)N(CCCN(C)C)c2nc3cc4c(cc3s2)OCO4)c1. The monoisotopic (exact) mass is 469 g/mol. The standard InChI is InChI=1S/C25H31N3O4S/c1-4-5-6-13-30-19-10-7-9-18(14-19)24(29)28(12-8-11-27(2)3)25-26-20-15-21-22(32-17-31-21)16-23(20)33-25/h7,9-10,14-16H,4-6,8,11-13,17H2,1-3H3. The third-order valence-electron chi connectivity index (χ3n) is 5.43. The second-order valence-corrected chi connectivity index (χ2v) is 9.38. The summed E-state index contributed by atoms with van der Waals surface area (Å²) in [5.74, 6) is 2.06. The summed E-state index contributed by atoms with van der Waals surface area (Å²) in [4.78, 5) is 22.3. The lowest BCUT2D eigenvalue weighted by molar-refractivity contribution is 0.0985. The third kappa shape index (κ3) is 5.75. The number of anilines is 1. The van der Waals surface area contributed by atoms with Crippen molar-refractivity contribution in [3.63, 3.8) is 0 Å². The van der Waals surface area contributed by atoms with Crippen molar-refractivity contribution in [2.45, 2.75) is 32.6 Å². The Labute approximate surface area is 198 Å². The number of thiazole rings is 1. The van der Waals surface area contributed by atoms with Crippen LogP contribution in [-0.2, 0) is 0 Å². The molecule has 0 radical (unpaired) electrons. The second kappa shape index (κ2) is 10.9. The summed E-state index contributed by atoms with van der Waals surface area (Å²) in [7, 11) is 4.06. The van der Waals surface area contributed by atoms with E-state index in [4.69, 9.17) is 19.2 Å². The Hall–Kier alpha value is -2.84. The molecule has 0 saturated heterocycles. The van der Waals surface area contributed by atoms with Gasteiger partial charge in [0.2, 0.25) is 6.79 Å². The minimum Gasteiger partial charge on any atom is -0.494 e. The molecule has 1 aliphatic rings. The normalized spacial score (nSPS) is 12.5. The Morgan fingerprint density at radius 2 is 1.91 bits per heavy atom. The van der Waals surface area contributed by atoms with Crippen molar-refractivity contribution < 1.29 is 19.0 Å². The maximum atomic E-state index is 13.6. The van der Waals surface area contributed by atoms with Crippen molar-refractivity contribution >= 4 is 32.6 Å². The molecule has 0 atom stereocenters. The van der Waals surface area contributed by atoms with Gasteiger partial charge in [-0.05, 0) is 51.7 Å². The average molecular weight is 470 g/mol. The summed E-state index contributed by atoms with van der Waals surface area (Å²) in [5.41, 5.74) is 1.40. The van der Waals surface area contributed by atoms with Crippen LogP contribution in [0.2, 0.25) is 0 Å². The fourth-order valence-electron chi connectivity index (χ4n) is 3.67. The molecule has 0 fully saturated rings. The molecule has 0 bridgehead atoms. The van der Waals surface area contributed by atoms with Crippen LogP contribution in [0.5, 0.6) is 17.2 Å². The van der Waals surface area contributed by atoms with E-state index in [1.54, 1.807) is 4.90 Å². The van der Waals surface area contributed by atoms with Gasteiger partial charge < -0.3 is 19.1 Å². The van der Waals surface area contributed by atoms with E-state index in [1.807, 2.05) is 50.5 Å². The van der Waals surface area contributed by atoms with Gasteiger partial charge in [-0.25, -0.2) is 4.98 Å². The number of unbranched alkanes of at least 4 members (excludes halogenated alkanes) is 2. The number of hydrogen-bond acceptors (Lipinski definition) is 7. The Morgan fingerprint density at radius 1 is 1.09 bits per heavy atom. The van der Waals surface area contributed by atoms with Gasteiger partial charge in [0.1, 0.15) is 5.75 Å². The van der Waals surface area contributed by atoms with Crippen molar-refractivity contribution in [3.8, 4) is 17.2 Å². The molecule has 176 valence electrons. The van der Waals surface area contributed by atoms with Crippen LogP contribution >= 0.6 is 11.3 Å². The molecule has 1 aromatic heterocycles. The molecular weight excluding hydrogens is 438 g/mol. The van der Waals surface area contributed by atoms with Crippen molar-refractivity contribution in [2.75, 3.05) is 45.5 Å². The van der Waals surface area contributed by atoms with E-state index in [2.05, 4.69) is 11.8 Å². The van der Waals surface area contributed by atoms with Gasteiger partial charge in [-0.1, -0.05) is 37.2 Å². The number of aromatic nitrogens is 1. The first-order valence-electron chi connectivity index (χ1n) is 11.4. The summed E-state index contributed by atoms with van der Waals surface area (Å²) in [6, 6.07) is 11.3. The molecule has 0 aliphatic carbocycles. The first kappa shape index (κ1) is 23.3. The molecule has 3 aromatic rings. The first-order chi connectivity index (χ1) is 16.0.